The average Bonchev–Trinajstić information content (AvgIpc) is 3.31. The van der Waals surface area contributed by atoms with Crippen molar-refractivity contribution in [1.82, 2.24) is 25.4 Å². The quantitative estimate of drug-likeness (QED) is 0.262. The number of piperazine rings is 1. The SMILES string of the molecule is C[C@H]1CN(C)CCN1c1nc(C(F)F)nc(NNC(=O)[C@H](CC2CCCC2)CN(O)C=O)c1F. The number of hydroxylamine groups is 2. The number of anilines is 2. The fourth-order valence-corrected chi connectivity index (χ4v) is 4.68. The lowest BCUT2D eigenvalue weighted by Crippen LogP contribution is -2.51. The van der Waals surface area contributed by atoms with Crippen molar-refractivity contribution >= 4 is 24.0 Å². The van der Waals surface area contributed by atoms with E-state index in [0.717, 1.165) is 25.7 Å². The Bertz CT molecular complexity index is 857. The number of likely N-dealkylation sites (N-methyl/N-ethyl adjacent to an activating group) is 1. The molecule has 34 heavy (non-hydrogen) atoms. The van der Waals surface area contributed by atoms with Gasteiger partial charge in [0.1, 0.15) is 0 Å². The number of hydrogen-bond donors (Lipinski definition) is 3. The van der Waals surface area contributed by atoms with Gasteiger partial charge in [-0.25, -0.2) is 23.8 Å². The van der Waals surface area contributed by atoms with Gasteiger partial charge in [-0.1, -0.05) is 25.7 Å². The predicted octanol–water partition coefficient (Wildman–Crippen LogP) is 2.18. The Balaban J connectivity index is 1.77. The molecular formula is C21H32F3N7O3. The van der Waals surface area contributed by atoms with E-state index in [2.05, 4.69) is 20.8 Å². The molecule has 1 saturated heterocycles. The first-order chi connectivity index (χ1) is 16.2. The van der Waals surface area contributed by atoms with Crippen molar-refractivity contribution in [2.24, 2.45) is 11.8 Å². The van der Waals surface area contributed by atoms with Crippen LogP contribution in [0, 0.1) is 17.7 Å². The van der Waals surface area contributed by atoms with Gasteiger partial charge in [-0.05, 0) is 26.3 Å². The first-order valence-electron chi connectivity index (χ1n) is 11.5. The molecule has 10 nitrogen and oxygen atoms in total. The molecule has 3 N–H and O–H groups in total. The minimum Gasteiger partial charge on any atom is -0.349 e. The third kappa shape index (κ3) is 6.47. The van der Waals surface area contributed by atoms with Crippen LogP contribution in [0.1, 0.15) is 51.3 Å². The van der Waals surface area contributed by atoms with E-state index >= 15 is 4.39 Å². The maximum atomic E-state index is 15.3. The largest absolute Gasteiger partial charge is 0.349 e. The van der Waals surface area contributed by atoms with Gasteiger partial charge in [0.25, 0.3) is 6.43 Å². The normalized spacial score (nSPS) is 20.4. The number of nitrogens with one attached hydrogen (secondary N) is 2. The number of hydrogen-bond acceptors (Lipinski definition) is 8. The van der Waals surface area contributed by atoms with E-state index in [1.54, 1.807) is 4.90 Å². The molecule has 2 heterocycles. The van der Waals surface area contributed by atoms with Crippen LogP contribution in [0.2, 0.25) is 0 Å². The molecule has 2 amide bonds. The summed E-state index contributed by atoms with van der Waals surface area (Å²) >= 11 is 0. The Kier molecular flexibility index (Phi) is 8.89. The molecule has 0 bridgehead atoms. The molecule has 2 aliphatic rings. The third-order valence-electron chi connectivity index (χ3n) is 6.45. The maximum absolute atomic E-state index is 15.3. The van der Waals surface area contributed by atoms with Gasteiger partial charge < -0.3 is 9.80 Å². The lowest BCUT2D eigenvalue weighted by molar-refractivity contribution is -0.154. The number of carbonyl (C=O) groups is 2. The van der Waals surface area contributed by atoms with Gasteiger partial charge in [0.15, 0.2) is 17.5 Å². The van der Waals surface area contributed by atoms with Crippen molar-refractivity contribution in [2.45, 2.75) is 51.5 Å². The Hall–Kier alpha value is -2.67. The van der Waals surface area contributed by atoms with E-state index in [-0.39, 0.29) is 30.7 Å². The highest BCUT2D eigenvalue weighted by Crippen LogP contribution is 2.31. The zero-order chi connectivity index (χ0) is 24.8. The van der Waals surface area contributed by atoms with Crippen LogP contribution in [0.5, 0.6) is 0 Å². The molecule has 2 fully saturated rings. The Morgan fingerprint density at radius 3 is 2.62 bits per heavy atom. The smallest absolute Gasteiger partial charge is 0.297 e. The molecule has 1 saturated carbocycles. The molecular weight excluding hydrogens is 455 g/mol. The number of amides is 2. The van der Waals surface area contributed by atoms with Crippen LogP contribution in [0.25, 0.3) is 0 Å². The standard InChI is InChI=1S/C21H32F3N7O3/c1-13-10-29(2)7-8-31(13)20-16(22)18(25-19(26-20)17(23)24)27-28-21(33)15(11-30(34)12-32)9-14-5-3-4-6-14/h12-15,17,34H,3-11H2,1-2H3,(H,28,33)(H,25,26,27)/t13-,15+/m0/s1. The van der Waals surface area contributed by atoms with Crippen LogP contribution in [0.3, 0.4) is 0 Å². The van der Waals surface area contributed by atoms with Crippen molar-refractivity contribution in [1.29, 1.82) is 0 Å². The second kappa shape index (κ2) is 11.6. The summed E-state index contributed by atoms with van der Waals surface area (Å²) in [6.45, 7) is 3.20. The van der Waals surface area contributed by atoms with Crippen molar-refractivity contribution in [3.8, 4) is 0 Å². The summed E-state index contributed by atoms with van der Waals surface area (Å²) in [5, 5.41) is 9.98. The number of carbonyl (C=O) groups excluding carboxylic acids is 2. The Labute approximate surface area is 196 Å². The molecule has 1 aromatic heterocycles. The third-order valence-corrected chi connectivity index (χ3v) is 6.45. The molecule has 2 atom stereocenters. The van der Waals surface area contributed by atoms with E-state index in [9.17, 15) is 23.6 Å². The number of rotatable bonds is 10. The molecule has 1 aliphatic heterocycles. The van der Waals surface area contributed by atoms with Gasteiger partial charge in [0.05, 0.1) is 12.5 Å². The topological polar surface area (TPSA) is 114 Å². The monoisotopic (exact) mass is 487 g/mol. The summed E-state index contributed by atoms with van der Waals surface area (Å²) in [6.07, 6.45) is 1.56. The molecule has 1 aliphatic carbocycles. The zero-order valence-corrected chi connectivity index (χ0v) is 19.4. The fourth-order valence-electron chi connectivity index (χ4n) is 4.68. The van der Waals surface area contributed by atoms with Crippen molar-refractivity contribution < 1.29 is 28.0 Å². The van der Waals surface area contributed by atoms with Gasteiger partial charge >= 0.3 is 0 Å². The van der Waals surface area contributed by atoms with Crippen LogP contribution >= 0.6 is 0 Å². The highest BCUT2D eigenvalue weighted by atomic mass is 19.3. The lowest BCUT2D eigenvalue weighted by atomic mass is 9.92. The van der Waals surface area contributed by atoms with Crippen LogP contribution in [0.15, 0.2) is 0 Å². The molecule has 0 unspecified atom stereocenters. The number of aromatic nitrogens is 2. The fraction of sp³-hybridized carbons (Fsp3) is 0.714. The molecule has 13 heteroatoms. The highest BCUT2D eigenvalue weighted by molar-refractivity contribution is 5.80. The van der Waals surface area contributed by atoms with Crippen molar-refractivity contribution in [3.05, 3.63) is 11.6 Å². The molecule has 0 spiro atoms. The van der Waals surface area contributed by atoms with Gasteiger partial charge in [0.2, 0.25) is 18.1 Å². The first kappa shape index (κ1) is 25.9. The van der Waals surface area contributed by atoms with Gasteiger partial charge in [0, 0.05) is 25.7 Å². The van der Waals surface area contributed by atoms with Crippen LogP contribution in [-0.4, -0.2) is 76.7 Å². The van der Waals surface area contributed by atoms with Gasteiger partial charge in [-0.2, -0.15) is 4.39 Å². The molecule has 190 valence electrons. The van der Waals surface area contributed by atoms with Crippen LogP contribution in [-0.2, 0) is 9.59 Å². The van der Waals surface area contributed by atoms with Crippen LogP contribution in [0.4, 0.5) is 24.8 Å². The molecule has 3 rings (SSSR count). The lowest BCUT2D eigenvalue weighted by Gasteiger charge is -2.39. The van der Waals surface area contributed by atoms with Gasteiger partial charge in [-0.15, -0.1) is 0 Å². The van der Waals surface area contributed by atoms with Crippen molar-refractivity contribution in [2.75, 3.05) is 43.6 Å². The number of hydrazine groups is 1. The zero-order valence-electron chi connectivity index (χ0n) is 19.4. The summed E-state index contributed by atoms with van der Waals surface area (Å²) in [5.74, 6) is -3.76. The summed E-state index contributed by atoms with van der Waals surface area (Å²) in [6, 6.07) is -0.175. The molecule has 0 radical (unpaired) electrons. The summed E-state index contributed by atoms with van der Waals surface area (Å²) in [7, 11) is 1.91. The van der Waals surface area contributed by atoms with E-state index in [0.29, 0.717) is 31.1 Å². The Morgan fingerprint density at radius 2 is 2.00 bits per heavy atom. The second-order valence-corrected chi connectivity index (χ2v) is 9.10. The number of halogens is 3. The second-order valence-electron chi connectivity index (χ2n) is 9.10. The van der Waals surface area contributed by atoms with Crippen LogP contribution < -0.4 is 15.8 Å². The van der Waals surface area contributed by atoms with Gasteiger partial charge in [-0.3, -0.25) is 25.6 Å². The van der Waals surface area contributed by atoms with E-state index in [1.807, 2.05) is 18.9 Å². The maximum Gasteiger partial charge on any atom is 0.297 e. The van der Waals surface area contributed by atoms with E-state index in [4.69, 9.17) is 0 Å². The van der Waals surface area contributed by atoms with E-state index < -0.39 is 35.7 Å². The Morgan fingerprint density at radius 1 is 1.29 bits per heavy atom. The minimum absolute atomic E-state index is 0.175. The number of nitrogens with zero attached hydrogens (tertiary/aromatic N) is 5. The summed E-state index contributed by atoms with van der Waals surface area (Å²) in [4.78, 5) is 34.6. The minimum atomic E-state index is -3.04. The molecule has 0 aromatic carbocycles. The number of alkyl halides is 2. The highest BCUT2D eigenvalue weighted by Gasteiger charge is 2.30. The average molecular weight is 488 g/mol. The summed E-state index contributed by atoms with van der Waals surface area (Å²) < 4.78 is 42.2. The first-order valence-corrected chi connectivity index (χ1v) is 11.5. The summed E-state index contributed by atoms with van der Waals surface area (Å²) in [5.41, 5.74) is 4.64. The molecule has 1 aromatic rings. The predicted molar refractivity (Wildman–Crippen MR) is 118 cm³/mol. The van der Waals surface area contributed by atoms with Crippen molar-refractivity contribution in [3.63, 3.8) is 0 Å². The van der Waals surface area contributed by atoms with E-state index in [1.165, 1.54) is 0 Å².